The Morgan fingerprint density at radius 1 is 1.00 bits per heavy atom. The second kappa shape index (κ2) is 8.28. The number of carbonyl (C=O) groups excluding carboxylic acids is 2. The van der Waals surface area contributed by atoms with Crippen molar-refractivity contribution in [3.05, 3.63) is 62.5 Å². The Hall–Kier alpha value is -1.89. The van der Waals surface area contributed by atoms with Gasteiger partial charge >= 0.3 is 11.8 Å². The van der Waals surface area contributed by atoms with Crippen LogP contribution in [0.25, 0.3) is 0 Å². The standard InChI is InChI=1S/C16H12BrCl2N3O2/c1-9(10-2-4-11(17)5-3-10)21-22-16(24)15(23)20-14-7-12(18)6-13(19)8-14/h2-8H,1H3,(H,20,23)(H,22,24)/b21-9+. The number of hydrogen-bond acceptors (Lipinski definition) is 3. The summed E-state index contributed by atoms with van der Waals surface area (Å²) in [6.07, 6.45) is 0. The molecule has 5 nitrogen and oxygen atoms in total. The average molecular weight is 429 g/mol. The van der Waals surface area contributed by atoms with Crippen LogP contribution in [0, 0.1) is 0 Å². The minimum Gasteiger partial charge on any atom is -0.318 e. The van der Waals surface area contributed by atoms with Gasteiger partial charge in [0.05, 0.1) is 5.71 Å². The molecule has 2 rings (SSSR count). The fourth-order valence-corrected chi connectivity index (χ4v) is 2.55. The van der Waals surface area contributed by atoms with Gasteiger partial charge in [0.2, 0.25) is 0 Å². The molecule has 0 spiro atoms. The topological polar surface area (TPSA) is 70.6 Å². The molecule has 0 atom stereocenters. The van der Waals surface area contributed by atoms with E-state index in [1.165, 1.54) is 18.2 Å². The predicted octanol–water partition coefficient (Wildman–Crippen LogP) is 4.23. The third-order valence-electron chi connectivity index (χ3n) is 2.91. The van der Waals surface area contributed by atoms with E-state index in [4.69, 9.17) is 23.2 Å². The van der Waals surface area contributed by atoms with Gasteiger partial charge in [-0.05, 0) is 42.8 Å². The molecule has 0 aromatic heterocycles. The number of hydrogen-bond donors (Lipinski definition) is 2. The van der Waals surface area contributed by atoms with Gasteiger partial charge in [0.25, 0.3) is 0 Å². The normalized spacial score (nSPS) is 11.1. The van der Waals surface area contributed by atoms with Gasteiger partial charge in [-0.25, -0.2) is 5.43 Å². The summed E-state index contributed by atoms with van der Waals surface area (Å²) in [4.78, 5) is 23.6. The Labute approximate surface area is 157 Å². The molecule has 0 unspecified atom stereocenters. The van der Waals surface area contributed by atoms with Crippen LogP contribution < -0.4 is 10.7 Å². The molecule has 0 aliphatic carbocycles. The average Bonchev–Trinajstić information content (AvgIpc) is 2.51. The molecule has 2 aromatic carbocycles. The largest absolute Gasteiger partial charge is 0.329 e. The van der Waals surface area contributed by atoms with Crippen LogP contribution in [0.3, 0.4) is 0 Å². The van der Waals surface area contributed by atoms with Crippen LogP contribution in [0.4, 0.5) is 5.69 Å². The van der Waals surface area contributed by atoms with E-state index < -0.39 is 11.8 Å². The van der Waals surface area contributed by atoms with Crippen LogP contribution in [0.2, 0.25) is 10.0 Å². The molecule has 2 amide bonds. The highest BCUT2D eigenvalue weighted by Gasteiger charge is 2.14. The molecule has 0 bridgehead atoms. The monoisotopic (exact) mass is 427 g/mol. The lowest BCUT2D eigenvalue weighted by molar-refractivity contribution is -0.136. The highest BCUT2D eigenvalue weighted by Crippen LogP contribution is 2.22. The van der Waals surface area contributed by atoms with Gasteiger partial charge < -0.3 is 5.32 Å². The van der Waals surface area contributed by atoms with E-state index in [-0.39, 0.29) is 0 Å². The van der Waals surface area contributed by atoms with E-state index >= 15 is 0 Å². The molecular formula is C16H12BrCl2N3O2. The zero-order valence-electron chi connectivity index (χ0n) is 12.4. The summed E-state index contributed by atoms with van der Waals surface area (Å²) >= 11 is 15.0. The second-order valence-electron chi connectivity index (χ2n) is 4.76. The number of halogens is 3. The molecule has 124 valence electrons. The molecule has 0 aliphatic heterocycles. The van der Waals surface area contributed by atoms with E-state index in [9.17, 15) is 9.59 Å². The first-order valence-corrected chi connectivity index (χ1v) is 8.27. The van der Waals surface area contributed by atoms with Gasteiger partial charge in [-0.2, -0.15) is 5.10 Å². The molecule has 0 radical (unpaired) electrons. The Balaban J connectivity index is 1.99. The van der Waals surface area contributed by atoms with Gasteiger partial charge in [0.15, 0.2) is 0 Å². The van der Waals surface area contributed by atoms with Gasteiger partial charge in [0, 0.05) is 20.2 Å². The summed E-state index contributed by atoms with van der Waals surface area (Å²) < 4.78 is 0.933. The maximum atomic E-state index is 11.8. The molecule has 2 aromatic rings. The molecule has 0 fully saturated rings. The van der Waals surface area contributed by atoms with E-state index in [1.807, 2.05) is 24.3 Å². The number of amides is 2. The number of carbonyl (C=O) groups is 2. The SMILES string of the molecule is C/C(=N\NC(=O)C(=O)Nc1cc(Cl)cc(Cl)c1)c1ccc(Br)cc1. The molecule has 0 heterocycles. The van der Waals surface area contributed by atoms with Crippen LogP contribution in [-0.4, -0.2) is 17.5 Å². The lowest BCUT2D eigenvalue weighted by atomic mass is 10.1. The lowest BCUT2D eigenvalue weighted by Gasteiger charge is -2.06. The number of hydrazone groups is 1. The van der Waals surface area contributed by atoms with Crippen molar-refractivity contribution in [2.45, 2.75) is 6.92 Å². The first-order valence-electron chi connectivity index (χ1n) is 6.73. The van der Waals surface area contributed by atoms with Crippen LogP contribution in [0.1, 0.15) is 12.5 Å². The van der Waals surface area contributed by atoms with Crippen LogP contribution in [0.5, 0.6) is 0 Å². The Morgan fingerprint density at radius 2 is 1.58 bits per heavy atom. The molecule has 0 saturated heterocycles. The van der Waals surface area contributed by atoms with Gasteiger partial charge in [-0.3, -0.25) is 9.59 Å². The molecule has 8 heteroatoms. The number of nitrogens with zero attached hydrogens (tertiary/aromatic N) is 1. The highest BCUT2D eigenvalue weighted by atomic mass is 79.9. The first-order chi connectivity index (χ1) is 11.3. The maximum Gasteiger partial charge on any atom is 0.329 e. The Bertz CT molecular complexity index is 787. The summed E-state index contributed by atoms with van der Waals surface area (Å²) in [6, 6.07) is 11.9. The summed E-state index contributed by atoms with van der Waals surface area (Å²) in [6.45, 7) is 1.72. The number of rotatable bonds is 3. The maximum absolute atomic E-state index is 11.8. The zero-order chi connectivity index (χ0) is 17.7. The van der Waals surface area contributed by atoms with Crippen LogP contribution in [0.15, 0.2) is 52.0 Å². The molecular weight excluding hydrogens is 417 g/mol. The summed E-state index contributed by atoms with van der Waals surface area (Å²) in [7, 11) is 0. The van der Waals surface area contributed by atoms with Crippen molar-refractivity contribution in [1.82, 2.24) is 5.43 Å². The number of anilines is 1. The predicted molar refractivity (Wildman–Crippen MR) is 99.6 cm³/mol. The van der Waals surface area contributed by atoms with E-state index in [0.717, 1.165) is 10.0 Å². The van der Waals surface area contributed by atoms with Gasteiger partial charge in [0.1, 0.15) is 0 Å². The van der Waals surface area contributed by atoms with Crippen molar-refractivity contribution >= 4 is 62.3 Å². The second-order valence-corrected chi connectivity index (χ2v) is 6.55. The quantitative estimate of drug-likeness (QED) is 0.436. The molecule has 0 aliphatic rings. The highest BCUT2D eigenvalue weighted by molar-refractivity contribution is 9.10. The first kappa shape index (κ1) is 18.4. The third kappa shape index (κ3) is 5.33. The van der Waals surface area contributed by atoms with Crippen molar-refractivity contribution in [2.24, 2.45) is 5.10 Å². The lowest BCUT2D eigenvalue weighted by Crippen LogP contribution is -2.32. The Morgan fingerprint density at radius 3 is 2.17 bits per heavy atom. The van der Waals surface area contributed by atoms with E-state index in [0.29, 0.717) is 21.4 Å². The van der Waals surface area contributed by atoms with Crippen molar-refractivity contribution in [3.63, 3.8) is 0 Å². The van der Waals surface area contributed by atoms with Crippen LogP contribution >= 0.6 is 39.1 Å². The van der Waals surface area contributed by atoms with Gasteiger partial charge in [-0.1, -0.05) is 51.3 Å². The molecule has 2 N–H and O–H groups in total. The summed E-state index contributed by atoms with van der Waals surface area (Å²) in [5, 5.41) is 7.01. The van der Waals surface area contributed by atoms with Crippen LogP contribution in [-0.2, 0) is 9.59 Å². The summed E-state index contributed by atoms with van der Waals surface area (Å²) in [5.74, 6) is -1.77. The van der Waals surface area contributed by atoms with E-state index in [2.05, 4.69) is 31.8 Å². The van der Waals surface area contributed by atoms with Crippen molar-refractivity contribution < 1.29 is 9.59 Å². The van der Waals surface area contributed by atoms with E-state index in [1.54, 1.807) is 6.92 Å². The minimum absolute atomic E-state index is 0.321. The van der Waals surface area contributed by atoms with Crippen molar-refractivity contribution in [3.8, 4) is 0 Å². The smallest absolute Gasteiger partial charge is 0.318 e. The third-order valence-corrected chi connectivity index (χ3v) is 3.88. The summed E-state index contributed by atoms with van der Waals surface area (Å²) in [5.41, 5.74) is 3.91. The zero-order valence-corrected chi connectivity index (χ0v) is 15.5. The molecule has 24 heavy (non-hydrogen) atoms. The van der Waals surface area contributed by atoms with Crippen molar-refractivity contribution in [2.75, 3.05) is 5.32 Å². The molecule has 0 saturated carbocycles. The van der Waals surface area contributed by atoms with Gasteiger partial charge in [-0.15, -0.1) is 0 Å². The fourth-order valence-electron chi connectivity index (χ4n) is 1.75. The number of nitrogens with one attached hydrogen (secondary N) is 2. The van der Waals surface area contributed by atoms with Crippen molar-refractivity contribution in [1.29, 1.82) is 0 Å². The number of benzene rings is 2. The Kier molecular flexibility index (Phi) is 6.36. The fraction of sp³-hybridized carbons (Fsp3) is 0.0625. The minimum atomic E-state index is -0.900.